The number of hydrogen-bond donors (Lipinski definition) is 2. The van der Waals surface area contributed by atoms with Crippen LogP contribution < -0.4 is 5.32 Å². The van der Waals surface area contributed by atoms with Crippen molar-refractivity contribution in [2.45, 2.75) is 52.0 Å². The lowest BCUT2D eigenvalue weighted by atomic mass is 9.73. The maximum Gasteiger partial charge on any atom is 0.329 e. The lowest BCUT2D eigenvalue weighted by Gasteiger charge is -2.39. The molecule has 1 aliphatic rings. The second-order valence-corrected chi connectivity index (χ2v) is 6.18. The first-order valence-electron chi connectivity index (χ1n) is 7.50. The van der Waals surface area contributed by atoms with Gasteiger partial charge in [-0.15, -0.1) is 0 Å². The summed E-state index contributed by atoms with van der Waals surface area (Å²) in [6, 6.07) is 5.45. The second kappa shape index (κ2) is 5.88. The van der Waals surface area contributed by atoms with E-state index in [1.54, 1.807) is 6.07 Å². The van der Waals surface area contributed by atoms with Crippen LogP contribution in [-0.4, -0.2) is 22.5 Å². The average Bonchev–Trinajstić information content (AvgIpc) is 2.44. The number of rotatable bonds is 3. The third-order valence-corrected chi connectivity index (χ3v) is 4.79. The van der Waals surface area contributed by atoms with Gasteiger partial charge in [0.25, 0.3) is 5.91 Å². The fourth-order valence-electron chi connectivity index (χ4n) is 3.06. The topological polar surface area (TPSA) is 66.4 Å². The van der Waals surface area contributed by atoms with Crippen LogP contribution >= 0.6 is 0 Å². The molecule has 1 aromatic carbocycles. The fourth-order valence-corrected chi connectivity index (χ4v) is 3.06. The Balaban J connectivity index is 2.26. The standard InChI is InChI=1S/C17H23NO3/c1-11-7-8-14(10-12(11)2)15(19)18-17(16(20)21)9-5-4-6-13(17)3/h7-8,10,13H,4-6,9H2,1-3H3,(H,18,19)(H,20,21)/t13-,17?/m1/s1. The number of nitrogens with one attached hydrogen (secondary N) is 1. The zero-order valence-corrected chi connectivity index (χ0v) is 12.9. The molecule has 0 aromatic heterocycles. The van der Waals surface area contributed by atoms with Crippen LogP contribution in [0.25, 0.3) is 0 Å². The summed E-state index contributed by atoms with van der Waals surface area (Å²) in [4.78, 5) is 24.2. The highest BCUT2D eigenvalue weighted by Crippen LogP contribution is 2.34. The lowest BCUT2D eigenvalue weighted by Crippen LogP contribution is -2.60. The zero-order chi connectivity index (χ0) is 15.6. The number of carboxylic acids is 1. The van der Waals surface area contributed by atoms with Crippen LogP contribution in [0.3, 0.4) is 0 Å². The van der Waals surface area contributed by atoms with E-state index in [-0.39, 0.29) is 11.8 Å². The Kier molecular flexibility index (Phi) is 4.35. The molecule has 1 fully saturated rings. The van der Waals surface area contributed by atoms with Crippen molar-refractivity contribution >= 4 is 11.9 Å². The van der Waals surface area contributed by atoms with Crippen molar-refractivity contribution in [3.63, 3.8) is 0 Å². The molecule has 114 valence electrons. The number of carbonyl (C=O) groups is 2. The summed E-state index contributed by atoms with van der Waals surface area (Å²) < 4.78 is 0. The Morgan fingerprint density at radius 3 is 2.52 bits per heavy atom. The number of carbonyl (C=O) groups excluding carboxylic acids is 1. The summed E-state index contributed by atoms with van der Waals surface area (Å²) in [7, 11) is 0. The number of benzene rings is 1. The molecular formula is C17H23NO3. The lowest BCUT2D eigenvalue weighted by molar-refractivity contribution is -0.148. The molecule has 4 heteroatoms. The summed E-state index contributed by atoms with van der Waals surface area (Å²) in [5, 5.41) is 12.4. The van der Waals surface area contributed by atoms with Gasteiger partial charge in [0, 0.05) is 5.56 Å². The number of hydrogen-bond acceptors (Lipinski definition) is 2. The Morgan fingerprint density at radius 2 is 1.95 bits per heavy atom. The van der Waals surface area contributed by atoms with Crippen molar-refractivity contribution < 1.29 is 14.7 Å². The van der Waals surface area contributed by atoms with E-state index < -0.39 is 11.5 Å². The predicted octanol–water partition coefficient (Wildman–Crippen LogP) is 3.07. The van der Waals surface area contributed by atoms with Gasteiger partial charge >= 0.3 is 5.97 Å². The van der Waals surface area contributed by atoms with E-state index in [0.29, 0.717) is 12.0 Å². The van der Waals surface area contributed by atoms with Crippen molar-refractivity contribution in [1.29, 1.82) is 0 Å². The van der Waals surface area contributed by atoms with Crippen molar-refractivity contribution in [1.82, 2.24) is 5.32 Å². The first-order chi connectivity index (χ1) is 9.86. The Morgan fingerprint density at radius 1 is 1.24 bits per heavy atom. The van der Waals surface area contributed by atoms with Crippen LogP contribution in [-0.2, 0) is 4.79 Å². The molecule has 21 heavy (non-hydrogen) atoms. The molecule has 1 aromatic rings. The van der Waals surface area contributed by atoms with Crippen molar-refractivity contribution in [2.24, 2.45) is 5.92 Å². The van der Waals surface area contributed by atoms with Crippen molar-refractivity contribution in [2.75, 3.05) is 0 Å². The second-order valence-electron chi connectivity index (χ2n) is 6.18. The predicted molar refractivity (Wildman–Crippen MR) is 81.4 cm³/mol. The van der Waals surface area contributed by atoms with Crippen molar-refractivity contribution in [3.05, 3.63) is 34.9 Å². The van der Waals surface area contributed by atoms with Gasteiger partial charge in [0.15, 0.2) is 0 Å². The Hall–Kier alpha value is -1.84. The first kappa shape index (κ1) is 15.5. The molecule has 2 N–H and O–H groups in total. The van der Waals surface area contributed by atoms with E-state index in [1.807, 2.05) is 32.9 Å². The highest BCUT2D eigenvalue weighted by molar-refractivity contribution is 5.98. The van der Waals surface area contributed by atoms with Crippen LogP contribution in [0.4, 0.5) is 0 Å². The number of aliphatic carboxylic acids is 1. The smallest absolute Gasteiger partial charge is 0.329 e. The molecule has 0 bridgehead atoms. The summed E-state index contributed by atoms with van der Waals surface area (Å²) in [6.45, 7) is 5.84. The molecule has 0 aliphatic heterocycles. The molecule has 0 saturated heterocycles. The quantitative estimate of drug-likeness (QED) is 0.898. The number of carboxylic acid groups (broad SMARTS) is 1. The number of amides is 1. The molecule has 2 rings (SSSR count). The van der Waals surface area contributed by atoms with E-state index in [4.69, 9.17) is 0 Å². The largest absolute Gasteiger partial charge is 0.479 e. The molecule has 2 atom stereocenters. The molecular weight excluding hydrogens is 266 g/mol. The third-order valence-electron chi connectivity index (χ3n) is 4.79. The normalized spacial score (nSPS) is 25.4. The van der Waals surface area contributed by atoms with E-state index in [2.05, 4.69) is 5.32 Å². The van der Waals surface area contributed by atoms with Crippen LogP contribution in [0.2, 0.25) is 0 Å². The van der Waals surface area contributed by atoms with Gasteiger partial charge in [-0.2, -0.15) is 0 Å². The molecule has 1 unspecified atom stereocenters. The minimum atomic E-state index is -1.13. The van der Waals surface area contributed by atoms with Crippen LogP contribution in [0.1, 0.15) is 54.1 Å². The molecule has 0 heterocycles. The summed E-state index contributed by atoms with van der Waals surface area (Å²) >= 11 is 0. The molecule has 0 spiro atoms. The van der Waals surface area contributed by atoms with Gasteiger partial charge in [0.05, 0.1) is 0 Å². The summed E-state index contributed by atoms with van der Waals surface area (Å²) in [5.74, 6) is -1.28. The molecule has 1 aliphatic carbocycles. The van der Waals surface area contributed by atoms with Crippen LogP contribution in [0.15, 0.2) is 18.2 Å². The van der Waals surface area contributed by atoms with E-state index in [0.717, 1.165) is 30.4 Å². The highest BCUT2D eigenvalue weighted by atomic mass is 16.4. The zero-order valence-electron chi connectivity index (χ0n) is 12.9. The summed E-state index contributed by atoms with van der Waals surface area (Å²) in [6.07, 6.45) is 3.19. The first-order valence-corrected chi connectivity index (χ1v) is 7.50. The van der Waals surface area contributed by atoms with Gasteiger partial charge in [-0.05, 0) is 55.9 Å². The molecule has 0 radical (unpaired) electrons. The molecule has 1 saturated carbocycles. The fraction of sp³-hybridized carbons (Fsp3) is 0.529. The molecule has 4 nitrogen and oxygen atoms in total. The van der Waals surface area contributed by atoms with Gasteiger partial charge in [-0.3, -0.25) is 4.79 Å². The van der Waals surface area contributed by atoms with Gasteiger partial charge < -0.3 is 10.4 Å². The minimum absolute atomic E-state index is 0.0563. The SMILES string of the molecule is Cc1ccc(C(=O)NC2(C(=O)O)CCCC[C@H]2C)cc1C. The maximum atomic E-state index is 12.5. The van der Waals surface area contributed by atoms with Gasteiger partial charge in [0.2, 0.25) is 0 Å². The van der Waals surface area contributed by atoms with Crippen molar-refractivity contribution in [3.8, 4) is 0 Å². The summed E-state index contributed by atoms with van der Waals surface area (Å²) in [5.41, 5.74) is 1.54. The van der Waals surface area contributed by atoms with Crippen LogP contribution in [0.5, 0.6) is 0 Å². The van der Waals surface area contributed by atoms with E-state index in [1.165, 1.54) is 0 Å². The number of aryl methyl sites for hydroxylation is 2. The monoisotopic (exact) mass is 289 g/mol. The van der Waals surface area contributed by atoms with Gasteiger partial charge in [-0.1, -0.05) is 25.8 Å². The van der Waals surface area contributed by atoms with Gasteiger partial charge in [-0.25, -0.2) is 4.79 Å². The van der Waals surface area contributed by atoms with Crippen LogP contribution in [0, 0.1) is 19.8 Å². The Labute approximate surface area is 125 Å². The average molecular weight is 289 g/mol. The Bertz CT molecular complexity index is 567. The minimum Gasteiger partial charge on any atom is -0.479 e. The van der Waals surface area contributed by atoms with E-state index in [9.17, 15) is 14.7 Å². The molecule has 1 amide bonds. The van der Waals surface area contributed by atoms with E-state index >= 15 is 0 Å². The third kappa shape index (κ3) is 2.94. The highest BCUT2D eigenvalue weighted by Gasteiger charge is 2.46. The van der Waals surface area contributed by atoms with Gasteiger partial charge in [0.1, 0.15) is 5.54 Å². The maximum absolute atomic E-state index is 12.5.